The summed E-state index contributed by atoms with van der Waals surface area (Å²) in [6.07, 6.45) is 4.32. The lowest BCUT2D eigenvalue weighted by Gasteiger charge is -2.16. The highest BCUT2D eigenvalue weighted by atomic mass is 35.5. The topological polar surface area (TPSA) is 47.6 Å². The Morgan fingerprint density at radius 1 is 1.62 bits per heavy atom. The van der Waals surface area contributed by atoms with Crippen molar-refractivity contribution in [2.24, 2.45) is 0 Å². The summed E-state index contributed by atoms with van der Waals surface area (Å²) < 4.78 is 10.9. The molecule has 1 heterocycles. The van der Waals surface area contributed by atoms with E-state index in [0.29, 0.717) is 18.2 Å². The first kappa shape index (κ1) is 16.0. The molecule has 2 atom stereocenters. The molecule has 0 aromatic heterocycles. The first-order valence-electron chi connectivity index (χ1n) is 7.07. The van der Waals surface area contributed by atoms with E-state index in [-0.39, 0.29) is 18.1 Å². The highest BCUT2D eigenvalue weighted by Gasteiger charge is 2.17. The van der Waals surface area contributed by atoms with Crippen molar-refractivity contribution in [3.63, 3.8) is 0 Å². The van der Waals surface area contributed by atoms with Crippen LogP contribution in [0, 0.1) is 0 Å². The summed E-state index contributed by atoms with van der Waals surface area (Å²) in [5.41, 5.74) is 0.893. The summed E-state index contributed by atoms with van der Waals surface area (Å²) in [4.78, 5) is 11.8. The van der Waals surface area contributed by atoms with Crippen LogP contribution in [0.4, 0.5) is 0 Å². The Morgan fingerprint density at radius 2 is 2.48 bits per heavy atom. The Morgan fingerprint density at radius 3 is 3.19 bits per heavy atom. The van der Waals surface area contributed by atoms with Gasteiger partial charge < -0.3 is 14.8 Å². The monoisotopic (exact) mass is 309 g/mol. The van der Waals surface area contributed by atoms with Crippen LogP contribution >= 0.6 is 11.6 Å². The van der Waals surface area contributed by atoms with Gasteiger partial charge in [-0.05, 0) is 37.1 Å². The standard InChI is InChI=1S/C16H20ClNO3/c1-12(10-21-15-7-8-20-11-15)18-16(19)6-5-13-3-2-4-14(17)9-13/h2-6,9,12,15H,7-8,10-11H2,1H3,(H,18,19). The maximum absolute atomic E-state index is 11.8. The van der Waals surface area contributed by atoms with Crippen LogP contribution < -0.4 is 5.32 Å². The molecule has 2 rings (SSSR count). The molecule has 114 valence electrons. The van der Waals surface area contributed by atoms with E-state index in [4.69, 9.17) is 21.1 Å². The zero-order valence-corrected chi connectivity index (χ0v) is 12.8. The van der Waals surface area contributed by atoms with Crippen molar-refractivity contribution in [2.45, 2.75) is 25.5 Å². The van der Waals surface area contributed by atoms with Crippen LogP contribution in [0.3, 0.4) is 0 Å². The number of carbonyl (C=O) groups is 1. The molecule has 1 N–H and O–H groups in total. The fourth-order valence-electron chi connectivity index (χ4n) is 2.04. The van der Waals surface area contributed by atoms with Gasteiger partial charge in [0.05, 0.1) is 19.3 Å². The van der Waals surface area contributed by atoms with Gasteiger partial charge in [-0.2, -0.15) is 0 Å². The minimum absolute atomic E-state index is 0.0397. The third kappa shape index (κ3) is 5.87. The zero-order valence-electron chi connectivity index (χ0n) is 12.0. The summed E-state index contributed by atoms with van der Waals surface area (Å²) in [5.74, 6) is -0.145. The lowest BCUT2D eigenvalue weighted by atomic mass is 10.2. The molecule has 1 aliphatic rings. The Hall–Kier alpha value is -1.36. The van der Waals surface area contributed by atoms with Crippen LogP contribution in [0.1, 0.15) is 18.9 Å². The number of ether oxygens (including phenoxy) is 2. The van der Waals surface area contributed by atoms with Crippen molar-refractivity contribution in [2.75, 3.05) is 19.8 Å². The number of amides is 1. The molecule has 0 saturated carbocycles. The van der Waals surface area contributed by atoms with E-state index < -0.39 is 0 Å². The van der Waals surface area contributed by atoms with Crippen molar-refractivity contribution in [3.8, 4) is 0 Å². The smallest absolute Gasteiger partial charge is 0.244 e. The molecule has 1 aromatic rings. The average molecular weight is 310 g/mol. The first-order valence-corrected chi connectivity index (χ1v) is 7.45. The van der Waals surface area contributed by atoms with Crippen LogP contribution in [-0.4, -0.2) is 37.9 Å². The largest absolute Gasteiger partial charge is 0.379 e. The molecular weight excluding hydrogens is 290 g/mol. The fourth-order valence-corrected chi connectivity index (χ4v) is 2.24. The number of nitrogens with one attached hydrogen (secondary N) is 1. The van der Waals surface area contributed by atoms with E-state index in [1.54, 1.807) is 18.2 Å². The Kier molecular flexibility index (Phi) is 6.23. The van der Waals surface area contributed by atoms with Gasteiger partial charge >= 0.3 is 0 Å². The highest BCUT2D eigenvalue weighted by molar-refractivity contribution is 6.30. The van der Waals surface area contributed by atoms with Crippen molar-refractivity contribution in [1.29, 1.82) is 0 Å². The van der Waals surface area contributed by atoms with Gasteiger partial charge in [-0.3, -0.25) is 4.79 Å². The molecule has 0 aliphatic carbocycles. The number of hydrogen-bond acceptors (Lipinski definition) is 3. The van der Waals surface area contributed by atoms with E-state index in [2.05, 4.69) is 5.32 Å². The number of carbonyl (C=O) groups excluding carboxylic acids is 1. The number of hydrogen-bond donors (Lipinski definition) is 1. The quantitative estimate of drug-likeness (QED) is 0.822. The molecule has 1 saturated heterocycles. The number of rotatable bonds is 6. The third-order valence-electron chi connectivity index (χ3n) is 3.13. The summed E-state index contributed by atoms with van der Waals surface area (Å²) >= 11 is 5.89. The van der Waals surface area contributed by atoms with Crippen LogP contribution in [0.5, 0.6) is 0 Å². The van der Waals surface area contributed by atoms with Gasteiger partial charge in [0, 0.05) is 23.7 Å². The Labute approximate surface area is 130 Å². The Bertz CT molecular complexity index is 498. The predicted octanol–water partition coefficient (Wildman–Crippen LogP) is 2.66. The zero-order chi connectivity index (χ0) is 15.1. The molecule has 1 fully saturated rings. The van der Waals surface area contributed by atoms with Crippen molar-refractivity contribution >= 4 is 23.6 Å². The second-order valence-corrected chi connectivity index (χ2v) is 5.55. The summed E-state index contributed by atoms with van der Waals surface area (Å²) in [7, 11) is 0. The van der Waals surface area contributed by atoms with Gasteiger partial charge in [0.1, 0.15) is 0 Å². The molecule has 1 aliphatic heterocycles. The number of halogens is 1. The second kappa shape index (κ2) is 8.17. The molecular formula is C16H20ClNO3. The molecule has 0 spiro atoms. The van der Waals surface area contributed by atoms with Gasteiger partial charge in [0.15, 0.2) is 0 Å². The maximum atomic E-state index is 11.8. The average Bonchev–Trinajstić information content (AvgIpc) is 2.96. The van der Waals surface area contributed by atoms with Crippen molar-refractivity contribution in [3.05, 3.63) is 40.9 Å². The normalized spacial score (nSPS) is 19.8. The minimum Gasteiger partial charge on any atom is -0.379 e. The summed E-state index contributed by atoms with van der Waals surface area (Å²) in [6.45, 7) is 3.81. The van der Waals surface area contributed by atoms with Crippen LogP contribution in [-0.2, 0) is 14.3 Å². The van der Waals surface area contributed by atoms with E-state index in [1.807, 2.05) is 19.1 Å². The molecule has 4 nitrogen and oxygen atoms in total. The van der Waals surface area contributed by atoms with Gasteiger partial charge in [0.25, 0.3) is 0 Å². The van der Waals surface area contributed by atoms with Crippen LogP contribution in [0.2, 0.25) is 5.02 Å². The van der Waals surface area contributed by atoms with Gasteiger partial charge in [0.2, 0.25) is 5.91 Å². The third-order valence-corrected chi connectivity index (χ3v) is 3.37. The fraction of sp³-hybridized carbons (Fsp3) is 0.438. The van der Waals surface area contributed by atoms with E-state index in [0.717, 1.165) is 18.6 Å². The molecule has 1 aromatic carbocycles. The van der Waals surface area contributed by atoms with Gasteiger partial charge in [-0.1, -0.05) is 23.7 Å². The van der Waals surface area contributed by atoms with E-state index in [1.165, 1.54) is 6.08 Å². The molecule has 0 radical (unpaired) electrons. The lowest BCUT2D eigenvalue weighted by molar-refractivity contribution is -0.117. The SMILES string of the molecule is CC(COC1CCOC1)NC(=O)C=Cc1cccc(Cl)c1. The minimum atomic E-state index is -0.145. The van der Waals surface area contributed by atoms with Crippen molar-refractivity contribution < 1.29 is 14.3 Å². The Balaban J connectivity index is 1.72. The lowest BCUT2D eigenvalue weighted by Crippen LogP contribution is -2.36. The number of benzene rings is 1. The summed E-state index contributed by atoms with van der Waals surface area (Å²) in [6, 6.07) is 7.30. The molecule has 0 bridgehead atoms. The predicted molar refractivity (Wildman–Crippen MR) is 83.3 cm³/mol. The van der Waals surface area contributed by atoms with E-state index >= 15 is 0 Å². The van der Waals surface area contributed by atoms with Crippen LogP contribution in [0.15, 0.2) is 30.3 Å². The van der Waals surface area contributed by atoms with Gasteiger partial charge in [-0.25, -0.2) is 0 Å². The van der Waals surface area contributed by atoms with Crippen molar-refractivity contribution in [1.82, 2.24) is 5.32 Å². The molecule has 1 amide bonds. The molecule has 2 unspecified atom stereocenters. The highest BCUT2D eigenvalue weighted by Crippen LogP contribution is 2.11. The van der Waals surface area contributed by atoms with Crippen LogP contribution in [0.25, 0.3) is 6.08 Å². The first-order chi connectivity index (χ1) is 10.1. The second-order valence-electron chi connectivity index (χ2n) is 5.12. The molecule has 21 heavy (non-hydrogen) atoms. The van der Waals surface area contributed by atoms with E-state index in [9.17, 15) is 4.79 Å². The summed E-state index contributed by atoms with van der Waals surface area (Å²) in [5, 5.41) is 3.52. The van der Waals surface area contributed by atoms with Gasteiger partial charge in [-0.15, -0.1) is 0 Å². The molecule has 5 heteroatoms. The maximum Gasteiger partial charge on any atom is 0.244 e.